The van der Waals surface area contributed by atoms with Gasteiger partial charge in [0.2, 0.25) is 0 Å². The van der Waals surface area contributed by atoms with E-state index >= 15 is 0 Å². The summed E-state index contributed by atoms with van der Waals surface area (Å²) in [5, 5.41) is 23.2. The zero-order valence-electron chi connectivity index (χ0n) is 16.8. The van der Waals surface area contributed by atoms with Gasteiger partial charge in [0.05, 0.1) is 27.7 Å². The van der Waals surface area contributed by atoms with Crippen molar-refractivity contribution in [3.05, 3.63) is 42.4 Å². The van der Waals surface area contributed by atoms with Gasteiger partial charge in [-0.15, -0.1) is 0 Å². The fourth-order valence-electron chi connectivity index (χ4n) is 5.84. The number of hydrogen-bond donors (Lipinski definition) is 4. The van der Waals surface area contributed by atoms with Crippen molar-refractivity contribution in [2.45, 2.75) is 43.9 Å². The van der Waals surface area contributed by atoms with Crippen molar-refractivity contribution < 1.29 is 10.2 Å². The van der Waals surface area contributed by atoms with Gasteiger partial charge >= 0.3 is 0 Å². The van der Waals surface area contributed by atoms with Crippen molar-refractivity contribution in [1.82, 2.24) is 19.5 Å². The van der Waals surface area contributed by atoms with Crippen LogP contribution in [0, 0.1) is 11.3 Å². The Labute approximate surface area is 182 Å². The lowest BCUT2D eigenvalue weighted by Gasteiger charge is -2.48. The summed E-state index contributed by atoms with van der Waals surface area (Å²) in [7, 11) is 0. The van der Waals surface area contributed by atoms with Gasteiger partial charge in [-0.1, -0.05) is 17.4 Å². The number of thiazole rings is 1. The second-order valence-corrected chi connectivity index (χ2v) is 10.2. The number of aliphatic hydroxyl groups is 2. The molecule has 2 fully saturated rings. The molecular formula is C22H24N6O2S. The smallest absolute Gasteiger partial charge is 0.181 e. The maximum atomic E-state index is 11.0. The number of nitrogens with zero attached hydrogens (tertiary/aromatic N) is 4. The van der Waals surface area contributed by atoms with Crippen molar-refractivity contribution >= 4 is 43.5 Å². The fourth-order valence-corrected chi connectivity index (χ4v) is 6.64. The largest absolute Gasteiger partial charge is 0.390 e. The third kappa shape index (κ3) is 2.84. The molecule has 0 aliphatic heterocycles. The van der Waals surface area contributed by atoms with E-state index in [0.29, 0.717) is 22.5 Å². The molecule has 3 aromatic heterocycles. The van der Waals surface area contributed by atoms with Crippen LogP contribution in [0.1, 0.15) is 30.9 Å². The van der Waals surface area contributed by atoms with Crippen LogP contribution in [0.2, 0.25) is 0 Å². The van der Waals surface area contributed by atoms with Gasteiger partial charge in [0.1, 0.15) is 23.9 Å². The molecule has 2 aliphatic rings. The van der Waals surface area contributed by atoms with Crippen LogP contribution >= 0.6 is 11.3 Å². The summed E-state index contributed by atoms with van der Waals surface area (Å²) < 4.78 is 3.06. The molecule has 0 saturated heterocycles. The molecule has 3 atom stereocenters. The van der Waals surface area contributed by atoms with Crippen LogP contribution in [0.3, 0.4) is 0 Å². The summed E-state index contributed by atoms with van der Waals surface area (Å²) in [5.41, 5.74) is 14.4. The van der Waals surface area contributed by atoms with E-state index in [9.17, 15) is 10.2 Å². The SMILES string of the molecule is Nc1nc2ccc(C[C@H]3C[C@]4(C[C@@H](n5ccc6c(N)ncnc65)[C@H](O)[C@@H]4O)C3)cc2s1. The average molecular weight is 437 g/mol. The lowest BCUT2D eigenvalue weighted by molar-refractivity contribution is -0.0841. The molecular weight excluding hydrogens is 412 g/mol. The van der Waals surface area contributed by atoms with Crippen LogP contribution in [0.4, 0.5) is 10.9 Å². The second-order valence-electron chi connectivity index (χ2n) is 9.12. The zero-order chi connectivity index (χ0) is 21.3. The normalized spacial score (nSPS) is 30.4. The third-order valence-corrected chi connectivity index (χ3v) is 8.09. The van der Waals surface area contributed by atoms with Crippen LogP contribution in [0.15, 0.2) is 36.8 Å². The van der Waals surface area contributed by atoms with Gasteiger partial charge < -0.3 is 26.2 Å². The molecule has 31 heavy (non-hydrogen) atoms. The number of fused-ring (bicyclic) bond motifs is 2. The summed E-state index contributed by atoms with van der Waals surface area (Å²) in [6.07, 6.45) is 5.25. The number of nitrogen functional groups attached to an aromatic ring is 2. The Hall–Kier alpha value is -2.75. The molecule has 1 spiro atoms. The molecule has 0 unspecified atom stereocenters. The van der Waals surface area contributed by atoms with Crippen molar-refractivity contribution in [3.63, 3.8) is 0 Å². The summed E-state index contributed by atoms with van der Waals surface area (Å²) in [6, 6.07) is 7.97. The quantitative estimate of drug-likeness (QED) is 0.387. The topological polar surface area (TPSA) is 136 Å². The number of aliphatic hydroxyl groups excluding tert-OH is 2. The van der Waals surface area contributed by atoms with Gasteiger partial charge in [-0.2, -0.15) is 0 Å². The highest BCUT2D eigenvalue weighted by Crippen LogP contribution is 2.60. The van der Waals surface area contributed by atoms with E-state index in [1.54, 1.807) is 0 Å². The van der Waals surface area contributed by atoms with Gasteiger partial charge in [-0.25, -0.2) is 15.0 Å². The van der Waals surface area contributed by atoms with E-state index in [4.69, 9.17) is 11.5 Å². The molecule has 1 aromatic carbocycles. The highest BCUT2D eigenvalue weighted by Gasteiger charge is 2.59. The monoisotopic (exact) mass is 436 g/mol. The predicted octanol–water partition coefficient (Wildman–Crippen LogP) is 2.51. The molecule has 6 N–H and O–H groups in total. The third-order valence-electron chi connectivity index (χ3n) is 7.24. The molecule has 160 valence electrons. The molecule has 2 aliphatic carbocycles. The first kappa shape index (κ1) is 19.0. The highest BCUT2D eigenvalue weighted by atomic mass is 32.1. The summed E-state index contributed by atoms with van der Waals surface area (Å²) in [6.45, 7) is 0. The second kappa shape index (κ2) is 6.62. The lowest BCUT2D eigenvalue weighted by Crippen LogP contribution is -2.46. The maximum absolute atomic E-state index is 11.0. The van der Waals surface area contributed by atoms with E-state index < -0.39 is 12.2 Å². The lowest BCUT2D eigenvalue weighted by atomic mass is 9.58. The van der Waals surface area contributed by atoms with E-state index in [-0.39, 0.29) is 11.5 Å². The van der Waals surface area contributed by atoms with Crippen LogP contribution < -0.4 is 11.5 Å². The van der Waals surface area contributed by atoms with Crippen LogP contribution in [-0.4, -0.2) is 41.9 Å². The van der Waals surface area contributed by atoms with E-state index in [1.165, 1.54) is 23.2 Å². The molecule has 0 amide bonds. The molecule has 3 heterocycles. The van der Waals surface area contributed by atoms with Gasteiger partial charge in [-0.05, 0) is 55.4 Å². The number of rotatable bonds is 3. The first-order chi connectivity index (χ1) is 14.9. The van der Waals surface area contributed by atoms with Crippen LogP contribution in [0.5, 0.6) is 0 Å². The van der Waals surface area contributed by atoms with Crippen LogP contribution in [0.25, 0.3) is 21.3 Å². The first-order valence-corrected chi connectivity index (χ1v) is 11.3. The van der Waals surface area contributed by atoms with Gasteiger partial charge in [0.15, 0.2) is 5.13 Å². The summed E-state index contributed by atoms with van der Waals surface area (Å²) in [4.78, 5) is 12.7. The Morgan fingerprint density at radius 1 is 1.13 bits per heavy atom. The predicted molar refractivity (Wildman–Crippen MR) is 121 cm³/mol. The molecule has 8 nitrogen and oxygen atoms in total. The van der Waals surface area contributed by atoms with E-state index in [0.717, 1.165) is 41.3 Å². The fraction of sp³-hybridized carbons (Fsp3) is 0.409. The van der Waals surface area contributed by atoms with E-state index in [2.05, 4.69) is 27.1 Å². The van der Waals surface area contributed by atoms with Crippen molar-refractivity contribution in [2.24, 2.45) is 11.3 Å². The summed E-state index contributed by atoms with van der Waals surface area (Å²) >= 11 is 1.51. The van der Waals surface area contributed by atoms with Crippen molar-refractivity contribution in [1.29, 1.82) is 0 Å². The zero-order valence-corrected chi connectivity index (χ0v) is 17.7. The van der Waals surface area contributed by atoms with Crippen molar-refractivity contribution in [2.75, 3.05) is 11.5 Å². The van der Waals surface area contributed by atoms with Crippen LogP contribution in [-0.2, 0) is 6.42 Å². The Morgan fingerprint density at radius 2 is 1.97 bits per heavy atom. The van der Waals surface area contributed by atoms with Gasteiger partial charge in [0.25, 0.3) is 0 Å². The Balaban J connectivity index is 1.20. The number of hydrogen-bond acceptors (Lipinski definition) is 8. The van der Waals surface area contributed by atoms with Crippen molar-refractivity contribution in [3.8, 4) is 0 Å². The highest BCUT2D eigenvalue weighted by molar-refractivity contribution is 7.22. The maximum Gasteiger partial charge on any atom is 0.181 e. The summed E-state index contributed by atoms with van der Waals surface area (Å²) in [5.74, 6) is 0.914. The Kier molecular flexibility index (Phi) is 4.05. The Bertz CT molecular complexity index is 1290. The number of benzene rings is 1. The molecule has 2 saturated carbocycles. The molecule has 4 aromatic rings. The molecule has 0 bridgehead atoms. The minimum atomic E-state index is -0.829. The molecule has 0 radical (unpaired) electrons. The average Bonchev–Trinajstić information content (AvgIpc) is 3.37. The van der Waals surface area contributed by atoms with E-state index in [1.807, 2.05) is 22.9 Å². The minimum absolute atomic E-state index is 0.223. The molecule has 9 heteroatoms. The number of anilines is 2. The molecule has 6 rings (SSSR count). The van der Waals surface area contributed by atoms with Gasteiger partial charge in [-0.3, -0.25) is 0 Å². The minimum Gasteiger partial charge on any atom is -0.390 e. The number of nitrogens with two attached hydrogens (primary N) is 2. The first-order valence-electron chi connectivity index (χ1n) is 10.5. The standard InChI is InChI=1S/C22H24N6O2S/c23-19-13-3-4-28(20(13)26-10-25-19)15-9-22(18(30)17(15)29)7-12(8-22)5-11-1-2-14-16(6-11)31-21(24)27-14/h1-4,6,10,12,15,17-18,29-30H,5,7-9H2,(H2,24,27)(H2,23,25,26)/t12-,15-,17+,18+,22+/m1/s1. The Morgan fingerprint density at radius 3 is 2.81 bits per heavy atom. The number of aromatic nitrogens is 4. The van der Waals surface area contributed by atoms with Gasteiger partial charge in [0, 0.05) is 11.6 Å².